The molecule has 4 heterocycles. The van der Waals surface area contributed by atoms with Gasteiger partial charge in [0.15, 0.2) is 10.8 Å². The summed E-state index contributed by atoms with van der Waals surface area (Å²) in [6.07, 6.45) is 5.86. The van der Waals surface area contributed by atoms with Gasteiger partial charge in [-0.15, -0.1) is 16.4 Å². The molecule has 1 saturated heterocycles. The second kappa shape index (κ2) is 9.20. The van der Waals surface area contributed by atoms with Crippen molar-refractivity contribution >= 4 is 29.1 Å². The number of carbonyl (C=O) groups excluding carboxylic acids is 1. The third-order valence-electron chi connectivity index (χ3n) is 7.23. The maximum absolute atomic E-state index is 14.0. The van der Waals surface area contributed by atoms with Crippen LogP contribution in [-0.4, -0.2) is 52.9 Å². The Morgan fingerprint density at radius 2 is 2.06 bits per heavy atom. The first-order valence-corrected chi connectivity index (χ1v) is 13.7. The molecule has 4 aromatic rings. The molecule has 11 heteroatoms. The summed E-state index contributed by atoms with van der Waals surface area (Å²) in [6, 6.07) is 6.58. The Hall–Kier alpha value is -2.89. The third-order valence-corrected chi connectivity index (χ3v) is 8.76. The first-order chi connectivity index (χ1) is 17.4. The first kappa shape index (κ1) is 23.5. The number of halogens is 1. The van der Waals surface area contributed by atoms with E-state index in [1.807, 2.05) is 30.1 Å². The molecule has 1 aliphatic carbocycles. The Bertz CT molecular complexity index is 1380. The third kappa shape index (κ3) is 4.08. The number of nitrogens with zero attached hydrogens (tertiary/aromatic N) is 7. The van der Waals surface area contributed by atoms with Crippen molar-refractivity contribution < 1.29 is 9.18 Å². The largest absolute Gasteiger partial charge is 0.292 e. The number of ketones is 1. The highest BCUT2D eigenvalue weighted by Gasteiger charge is 2.53. The maximum atomic E-state index is 14.0. The van der Waals surface area contributed by atoms with E-state index < -0.39 is 5.41 Å². The minimum absolute atomic E-state index is 0.102. The van der Waals surface area contributed by atoms with Gasteiger partial charge in [-0.1, -0.05) is 0 Å². The van der Waals surface area contributed by atoms with Gasteiger partial charge in [-0.05, 0) is 80.8 Å². The number of thiazole rings is 1. The number of Topliss-reactive ketones (excluding diaryl/α,β-unsaturated/α-hetero) is 1. The molecule has 36 heavy (non-hydrogen) atoms. The molecule has 2 aliphatic rings. The summed E-state index contributed by atoms with van der Waals surface area (Å²) in [5.41, 5.74) is 4.66. The Morgan fingerprint density at radius 1 is 1.22 bits per heavy atom. The van der Waals surface area contributed by atoms with Gasteiger partial charge in [0, 0.05) is 24.2 Å². The summed E-state index contributed by atoms with van der Waals surface area (Å²) in [6.45, 7) is 5.55. The van der Waals surface area contributed by atoms with E-state index in [2.05, 4.69) is 24.6 Å². The van der Waals surface area contributed by atoms with Crippen molar-refractivity contribution in [2.24, 2.45) is 11.3 Å². The number of hydrogen-bond donors (Lipinski definition) is 0. The minimum Gasteiger partial charge on any atom is -0.292 e. The smallest absolute Gasteiger partial charge is 0.190 e. The Balaban J connectivity index is 1.34. The van der Waals surface area contributed by atoms with Crippen LogP contribution in [0.4, 0.5) is 4.39 Å². The molecule has 2 unspecified atom stereocenters. The lowest BCUT2D eigenvalue weighted by molar-refractivity contribution is 0.0412. The van der Waals surface area contributed by atoms with Crippen molar-refractivity contribution in [3.8, 4) is 5.69 Å². The molecule has 2 atom stereocenters. The second-order valence-corrected chi connectivity index (χ2v) is 11.6. The van der Waals surface area contributed by atoms with Gasteiger partial charge in [0.2, 0.25) is 0 Å². The van der Waals surface area contributed by atoms with Crippen molar-refractivity contribution in [2.75, 3.05) is 13.1 Å². The second-order valence-electron chi connectivity index (χ2n) is 9.78. The summed E-state index contributed by atoms with van der Waals surface area (Å²) in [7, 11) is 0. The van der Waals surface area contributed by atoms with Gasteiger partial charge in [-0.3, -0.25) is 4.79 Å². The molecule has 0 N–H and O–H groups in total. The summed E-state index contributed by atoms with van der Waals surface area (Å²) in [4.78, 5) is 20.1. The van der Waals surface area contributed by atoms with Crippen LogP contribution in [-0.2, 0) is 12.8 Å². The molecule has 0 amide bonds. The lowest BCUT2D eigenvalue weighted by Crippen LogP contribution is -2.55. The fraction of sp³-hybridized carbons (Fsp3) is 0.400. The van der Waals surface area contributed by atoms with Crippen molar-refractivity contribution in [1.29, 1.82) is 0 Å². The SMILES string of the molecule is CC(C)n1ncc(SN2CCC3Cc4c(cnn4-c4ccc(F)cc4)CC3(C(=O)c3cscn3)C2)n1. The minimum atomic E-state index is -0.600. The normalized spacial score (nSPS) is 21.9. The lowest BCUT2D eigenvalue weighted by Gasteiger charge is -2.48. The predicted molar refractivity (Wildman–Crippen MR) is 136 cm³/mol. The van der Waals surface area contributed by atoms with Crippen LogP contribution in [0.1, 0.15) is 48.1 Å². The zero-order valence-corrected chi connectivity index (χ0v) is 21.7. The molecule has 0 radical (unpaired) electrons. The zero-order valence-electron chi connectivity index (χ0n) is 20.0. The number of rotatable bonds is 6. The Morgan fingerprint density at radius 3 is 2.78 bits per heavy atom. The van der Waals surface area contributed by atoms with Crippen molar-refractivity contribution in [3.05, 3.63) is 70.3 Å². The van der Waals surface area contributed by atoms with Gasteiger partial charge in [0.25, 0.3) is 0 Å². The van der Waals surface area contributed by atoms with Crippen LogP contribution in [0.15, 0.2) is 52.6 Å². The van der Waals surface area contributed by atoms with Gasteiger partial charge in [-0.2, -0.15) is 15.0 Å². The molecule has 0 spiro atoms. The molecular formula is C25H26FN7OS2. The van der Waals surface area contributed by atoms with E-state index >= 15 is 0 Å². The summed E-state index contributed by atoms with van der Waals surface area (Å²) in [5.74, 6) is -0.0192. The van der Waals surface area contributed by atoms with Gasteiger partial charge >= 0.3 is 0 Å². The highest BCUT2D eigenvalue weighted by molar-refractivity contribution is 7.97. The number of aromatic nitrogens is 6. The molecule has 186 valence electrons. The van der Waals surface area contributed by atoms with Gasteiger partial charge in [-0.25, -0.2) is 18.4 Å². The van der Waals surface area contributed by atoms with Crippen LogP contribution in [0.25, 0.3) is 5.69 Å². The van der Waals surface area contributed by atoms with Gasteiger partial charge in [0.1, 0.15) is 11.5 Å². The molecule has 6 rings (SSSR count). The van der Waals surface area contributed by atoms with E-state index in [4.69, 9.17) is 0 Å². The van der Waals surface area contributed by atoms with E-state index in [-0.39, 0.29) is 23.6 Å². The van der Waals surface area contributed by atoms with E-state index in [0.29, 0.717) is 18.7 Å². The van der Waals surface area contributed by atoms with Crippen LogP contribution < -0.4 is 0 Å². The molecule has 0 bridgehead atoms. The van der Waals surface area contributed by atoms with Crippen LogP contribution >= 0.6 is 23.3 Å². The van der Waals surface area contributed by atoms with Crippen LogP contribution in [0, 0.1) is 17.2 Å². The van der Waals surface area contributed by atoms with Crippen molar-refractivity contribution in [3.63, 3.8) is 0 Å². The van der Waals surface area contributed by atoms with E-state index in [9.17, 15) is 9.18 Å². The number of hydrogen-bond acceptors (Lipinski definition) is 8. The highest BCUT2D eigenvalue weighted by Crippen LogP contribution is 2.49. The Labute approximate surface area is 216 Å². The van der Waals surface area contributed by atoms with Crippen molar-refractivity contribution in [2.45, 2.75) is 44.2 Å². The summed E-state index contributed by atoms with van der Waals surface area (Å²) >= 11 is 3.02. The highest BCUT2D eigenvalue weighted by atomic mass is 32.2. The van der Waals surface area contributed by atoms with Crippen molar-refractivity contribution in [1.82, 2.24) is 34.1 Å². The molecule has 1 aromatic carbocycles. The van der Waals surface area contributed by atoms with E-state index in [1.54, 1.807) is 40.6 Å². The quantitative estimate of drug-likeness (QED) is 0.269. The fourth-order valence-corrected chi connectivity index (χ4v) is 6.93. The van der Waals surface area contributed by atoms with Gasteiger partial charge < -0.3 is 0 Å². The topological polar surface area (TPSA) is 81.7 Å². The lowest BCUT2D eigenvalue weighted by atomic mass is 9.60. The molecule has 8 nitrogen and oxygen atoms in total. The average Bonchev–Trinajstić information content (AvgIpc) is 3.64. The van der Waals surface area contributed by atoms with Crippen LogP contribution in [0.5, 0.6) is 0 Å². The number of piperidine rings is 1. The number of fused-ring (bicyclic) bond motifs is 2. The fourth-order valence-electron chi connectivity index (χ4n) is 5.43. The summed E-state index contributed by atoms with van der Waals surface area (Å²) in [5, 5.41) is 16.3. The number of benzene rings is 1. The zero-order chi connectivity index (χ0) is 24.9. The standard InChI is InChI=1S/C25H26FN7OS2/c1-16(2)33-29-12-23(30-33)36-31-8-7-18-9-22-17(11-28-32(22)20-5-3-19(26)4-6-20)10-25(18,14-31)24(34)21-13-35-15-27-21/h3-6,11-13,15-16,18H,7-10,14H2,1-2H3. The maximum Gasteiger partial charge on any atom is 0.190 e. The molecule has 0 saturated carbocycles. The van der Waals surface area contributed by atoms with Gasteiger partial charge in [0.05, 0.1) is 35.0 Å². The van der Waals surface area contributed by atoms with Crippen LogP contribution in [0.2, 0.25) is 0 Å². The van der Waals surface area contributed by atoms with E-state index in [0.717, 1.165) is 41.4 Å². The monoisotopic (exact) mass is 523 g/mol. The number of carbonyl (C=O) groups is 1. The predicted octanol–water partition coefficient (Wildman–Crippen LogP) is 4.64. The molecule has 3 aromatic heterocycles. The molecule has 1 fully saturated rings. The average molecular weight is 524 g/mol. The molecule has 1 aliphatic heterocycles. The summed E-state index contributed by atoms with van der Waals surface area (Å²) < 4.78 is 17.7. The Kier molecular flexibility index (Phi) is 6.01. The van der Waals surface area contributed by atoms with E-state index in [1.165, 1.54) is 23.5 Å². The molecular weight excluding hydrogens is 497 g/mol. The van der Waals surface area contributed by atoms with Crippen LogP contribution in [0.3, 0.4) is 0 Å². The first-order valence-electron chi connectivity index (χ1n) is 12.0.